The van der Waals surface area contributed by atoms with E-state index in [9.17, 15) is 8.42 Å². The van der Waals surface area contributed by atoms with Crippen LogP contribution in [0.3, 0.4) is 0 Å². The lowest BCUT2D eigenvalue weighted by Gasteiger charge is -2.29. The van der Waals surface area contributed by atoms with Crippen molar-refractivity contribution in [3.63, 3.8) is 0 Å². The quantitative estimate of drug-likeness (QED) is 0.735. The van der Waals surface area contributed by atoms with Gasteiger partial charge in [-0.1, -0.05) is 0 Å². The van der Waals surface area contributed by atoms with Crippen molar-refractivity contribution in [2.45, 2.75) is 12.8 Å². The van der Waals surface area contributed by atoms with E-state index >= 15 is 0 Å². The molecule has 0 N–H and O–H groups in total. The molecule has 2 heterocycles. The molecule has 2 rings (SSSR count). The van der Waals surface area contributed by atoms with Crippen LogP contribution in [-0.4, -0.2) is 34.8 Å². The maximum absolute atomic E-state index is 12.0. The van der Waals surface area contributed by atoms with Gasteiger partial charge in [0.2, 0.25) is 0 Å². The molecular weight excluding hydrogens is 214 g/mol. The minimum Gasteiger partial charge on any atom is -0.244 e. The Balaban J connectivity index is 2.17. The van der Waals surface area contributed by atoms with E-state index in [-0.39, 0.29) is 5.92 Å². The zero-order valence-electron chi connectivity index (χ0n) is 8.28. The number of imidazole rings is 1. The number of piperidine rings is 1. The van der Waals surface area contributed by atoms with Crippen LogP contribution in [-0.2, 0) is 10.2 Å². The van der Waals surface area contributed by atoms with Gasteiger partial charge in [-0.05, 0) is 25.7 Å². The van der Waals surface area contributed by atoms with Gasteiger partial charge >= 0.3 is 10.2 Å². The fourth-order valence-corrected chi connectivity index (χ4v) is 2.94. The predicted octanol–water partition coefficient (Wildman–Crippen LogP) is 0.399. The summed E-state index contributed by atoms with van der Waals surface area (Å²) in [6.45, 7) is 6.69. The Hall–Kier alpha value is -0.880. The van der Waals surface area contributed by atoms with E-state index in [0.717, 1.165) is 3.97 Å². The fraction of sp³-hybridized carbons (Fsp3) is 0.556. The topological polar surface area (TPSA) is 55.2 Å². The molecule has 2 radical (unpaired) electrons. The molecule has 1 fully saturated rings. The van der Waals surface area contributed by atoms with Gasteiger partial charge in [-0.25, -0.2) is 8.96 Å². The highest BCUT2D eigenvalue weighted by molar-refractivity contribution is 7.87. The monoisotopic (exact) mass is 227 g/mol. The van der Waals surface area contributed by atoms with E-state index in [1.807, 2.05) is 0 Å². The smallest absolute Gasteiger partial charge is 0.244 e. The van der Waals surface area contributed by atoms with Crippen LogP contribution in [0.2, 0.25) is 0 Å². The summed E-state index contributed by atoms with van der Waals surface area (Å²) in [5.41, 5.74) is 0. The van der Waals surface area contributed by atoms with E-state index in [4.69, 9.17) is 6.92 Å². The van der Waals surface area contributed by atoms with Gasteiger partial charge in [0, 0.05) is 25.5 Å². The Morgan fingerprint density at radius 1 is 1.33 bits per heavy atom. The first-order valence-electron chi connectivity index (χ1n) is 4.85. The van der Waals surface area contributed by atoms with Gasteiger partial charge in [-0.3, -0.25) is 0 Å². The number of aromatic nitrogens is 2. The van der Waals surface area contributed by atoms with E-state index in [0.29, 0.717) is 25.9 Å². The molecule has 5 nitrogen and oxygen atoms in total. The van der Waals surface area contributed by atoms with E-state index < -0.39 is 10.2 Å². The molecule has 1 aromatic rings. The highest BCUT2D eigenvalue weighted by atomic mass is 32.2. The average Bonchev–Trinajstić information content (AvgIpc) is 2.71. The van der Waals surface area contributed by atoms with Crippen molar-refractivity contribution in [3.05, 3.63) is 25.6 Å². The third-order valence-corrected chi connectivity index (χ3v) is 4.34. The maximum Gasteiger partial charge on any atom is 0.308 e. The van der Waals surface area contributed by atoms with E-state index in [2.05, 4.69) is 4.98 Å². The Morgan fingerprint density at radius 3 is 2.53 bits per heavy atom. The standard InChI is InChI=1S/C9H13N3O2S/c1-9-2-5-11(6-3-9)15(13,14)12-7-4-10-8-12/h1,4,7-9H,2-3,5-6H2. The van der Waals surface area contributed by atoms with Gasteiger partial charge in [0.15, 0.2) is 0 Å². The lowest BCUT2D eigenvalue weighted by Crippen LogP contribution is -2.40. The SMILES string of the molecule is [CH]C1CCN(S(=O)(=O)n2ccnc2)CC1. The van der Waals surface area contributed by atoms with Crippen LogP contribution in [0.1, 0.15) is 12.8 Å². The molecule has 1 aliphatic heterocycles. The Kier molecular flexibility index (Phi) is 2.79. The minimum absolute atomic E-state index is 0.124. The molecule has 0 atom stereocenters. The van der Waals surface area contributed by atoms with Crippen LogP contribution >= 0.6 is 0 Å². The molecule has 6 heteroatoms. The van der Waals surface area contributed by atoms with Crippen molar-refractivity contribution < 1.29 is 8.42 Å². The molecule has 82 valence electrons. The van der Waals surface area contributed by atoms with Gasteiger partial charge in [0.05, 0.1) is 0 Å². The number of hydrogen-bond donors (Lipinski definition) is 0. The van der Waals surface area contributed by atoms with Crippen LogP contribution in [0.25, 0.3) is 0 Å². The summed E-state index contributed by atoms with van der Waals surface area (Å²) in [5, 5.41) is 0. The van der Waals surface area contributed by atoms with Crippen molar-refractivity contribution in [2.24, 2.45) is 5.92 Å². The van der Waals surface area contributed by atoms with Gasteiger partial charge < -0.3 is 0 Å². The fourth-order valence-electron chi connectivity index (χ4n) is 1.62. The van der Waals surface area contributed by atoms with Crippen LogP contribution in [0.5, 0.6) is 0 Å². The minimum atomic E-state index is -3.41. The van der Waals surface area contributed by atoms with Crippen molar-refractivity contribution in [1.82, 2.24) is 13.3 Å². The Labute approximate surface area is 89.9 Å². The van der Waals surface area contributed by atoms with Gasteiger partial charge in [-0.15, -0.1) is 0 Å². The van der Waals surface area contributed by atoms with Crippen molar-refractivity contribution in [1.29, 1.82) is 0 Å². The summed E-state index contributed by atoms with van der Waals surface area (Å²) in [4.78, 5) is 3.73. The highest BCUT2D eigenvalue weighted by Crippen LogP contribution is 2.19. The first-order chi connectivity index (χ1) is 7.10. The molecule has 0 aromatic carbocycles. The van der Waals surface area contributed by atoms with Crippen molar-refractivity contribution in [2.75, 3.05) is 13.1 Å². The number of rotatable bonds is 2. The molecule has 15 heavy (non-hydrogen) atoms. The average molecular weight is 227 g/mol. The predicted molar refractivity (Wildman–Crippen MR) is 55.1 cm³/mol. The van der Waals surface area contributed by atoms with Gasteiger partial charge in [0.1, 0.15) is 6.33 Å². The third-order valence-electron chi connectivity index (χ3n) is 2.57. The summed E-state index contributed by atoms with van der Waals surface area (Å²) < 4.78 is 26.5. The summed E-state index contributed by atoms with van der Waals surface area (Å²) in [5.74, 6) is 0.124. The lowest BCUT2D eigenvalue weighted by molar-refractivity contribution is 0.302. The zero-order valence-corrected chi connectivity index (χ0v) is 9.10. The van der Waals surface area contributed by atoms with Crippen molar-refractivity contribution in [3.8, 4) is 0 Å². The third kappa shape index (κ3) is 2.05. The molecule has 1 saturated heterocycles. The first kappa shape index (κ1) is 10.6. The largest absolute Gasteiger partial charge is 0.308 e. The Morgan fingerprint density at radius 2 is 2.00 bits per heavy atom. The number of nitrogens with zero attached hydrogens (tertiary/aromatic N) is 3. The summed E-state index contributed by atoms with van der Waals surface area (Å²) in [7, 11) is -3.41. The van der Waals surface area contributed by atoms with Crippen LogP contribution < -0.4 is 0 Å². The molecule has 0 bridgehead atoms. The molecule has 1 aliphatic rings. The van der Waals surface area contributed by atoms with E-state index in [1.54, 1.807) is 0 Å². The van der Waals surface area contributed by atoms with E-state index in [1.165, 1.54) is 23.0 Å². The normalized spacial score (nSPS) is 20.6. The second-order valence-corrected chi connectivity index (χ2v) is 5.47. The molecule has 0 aliphatic carbocycles. The summed E-state index contributed by atoms with van der Waals surface area (Å²) in [6, 6.07) is 0. The first-order valence-corrected chi connectivity index (χ1v) is 6.24. The van der Waals surface area contributed by atoms with Crippen LogP contribution in [0, 0.1) is 12.8 Å². The molecular formula is C9H13N3O2S. The van der Waals surface area contributed by atoms with Gasteiger partial charge in [-0.2, -0.15) is 12.7 Å². The molecule has 0 spiro atoms. The molecule has 1 aromatic heterocycles. The number of hydrogen-bond acceptors (Lipinski definition) is 3. The molecule has 0 amide bonds. The molecule has 0 saturated carbocycles. The Bertz CT molecular complexity index is 405. The lowest BCUT2D eigenvalue weighted by atomic mass is 10.0. The summed E-state index contributed by atoms with van der Waals surface area (Å²) >= 11 is 0. The highest BCUT2D eigenvalue weighted by Gasteiger charge is 2.27. The summed E-state index contributed by atoms with van der Waals surface area (Å²) in [6.07, 6.45) is 5.61. The van der Waals surface area contributed by atoms with Crippen LogP contribution in [0.4, 0.5) is 0 Å². The second kappa shape index (κ2) is 3.94. The zero-order chi connectivity index (χ0) is 10.9. The second-order valence-electron chi connectivity index (χ2n) is 3.64. The van der Waals surface area contributed by atoms with Crippen LogP contribution in [0.15, 0.2) is 18.7 Å². The van der Waals surface area contributed by atoms with Crippen molar-refractivity contribution >= 4 is 10.2 Å². The maximum atomic E-state index is 12.0. The van der Waals surface area contributed by atoms with Gasteiger partial charge in [0.25, 0.3) is 0 Å². The molecule has 0 unspecified atom stereocenters.